The van der Waals surface area contributed by atoms with Crippen molar-refractivity contribution < 1.29 is 8.85 Å². The fourth-order valence-electron chi connectivity index (χ4n) is 2.20. The van der Waals surface area contributed by atoms with Gasteiger partial charge in [-0.15, -0.1) is 0 Å². The Labute approximate surface area is 195 Å². The fourth-order valence-corrected chi connectivity index (χ4v) is 4.93. The Morgan fingerprint density at radius 1 is 0.839 bits per heavy atom. The number of thioether (sulfide) groups is 1. The molecule has 5 nitrogen and oxygen atoms in total. The summed E-state index contributed by atoms with van der Waals surface area (Å²) in [7, 11) is -4.09. The summed E-state index contributed by atoms with van der Waals surface area (Å²) in [5.41, 5.74) is 0.999. The first-order valence-corrected chi connectivity index (χ1v) is 17.6. The van der Waals surface area contributed by atoms with Crippen molar-refractivity contribution >= 4 is 28.4 Å². The van der Waals surface area contributed by atoms with Gasteiger partial charge in [-0.3, -0.25) is 4.98 Å². The minimum atomic E-state index is -2.05. The Balaban J connectivity index is 2.42. The van der Waals surface area contributed by atoms with Crippen LogP contribution >= 0.6 is 11.8 Å². The average Bonchev–Trinajstić information content (AvgIpc) is 2.59. The summed E-state index contributed by atoms with van der Waals surface area (Å²) >= 11 is 1.58. The normalized spacial score (nSPS) is 14.3. The van der Waals surface area contributed by atoms with E-state index in [1.165, 1.54) is 0 Å². The van der Waals surface area contributed by atoms with Crippen molar-refractivity contribution in [1.82, 2.24) is 15.0 Å². The van der Waals surface area contributed by atoms with Gasteiger partial charge in [0.1, 0.15) is 0 Å². The van der Waals surface area contributed by atoms with Gasteiger partial charge >= 0.3 is 0 Å². The van der Waals surface area contributed by atoms with Gasteiger partial charge in [-0.1, -0.05) is 59.4 Å². The van der Waals surface area contributed by atoms with E-state index in [2.05, 4.69) is 79.6 Å². The molecule has 2 heterocycles. The molecule has 0 aliphatic carbocycles. The third-order valence-corrected chi connectivity index (χ3v) is 16.0. The number of nitrogens with zero attached hydrogens (tertiary/aromatic N) is 3. The predicted molar refractivity (Wildman–Crippen MR) is 136 cm³/mol. The maximum Gasteiger partial charge on any atom is 0.252 e. The summed E-state index contributed by atoms with van der Waals surface area (Å²) in [5.74, 6) is 1.21. The zero-order valence-electron chi connectivity index (χ0n) is 21.0. The lowest BCUT2D eigenvalue weighted by Crippen LogP contribution is -2.45. The molecule has 31 heavy (non-hydrogen) atoms. The molecule has 0 saturated carbocycles. The molecule has 0 bridgehead atoms. The standard InChI is InChI=1S/C23H39N3O2SSi2/c1-17(18-14-12-13-15-24-18)29-21-25-19(27-30(8,9)22(2,3)4)16-20(26-21)28-31(10,11)23(5,6)7/h12-17H,1-11H3. The van der Waals surface area contributed by atoms with Crippen molar-refractivity contribution in [2.75, 3.05) is 0 Å². The average molecular weight is 478 g/mol. The first-order valence-electron chi connectivity index (χ1n) is 10.9. The van der Waals surface area contributed by atoms with Gasteiger partial charge in [0.2, 0.25) is 11.8 Å². The topological polar surface area (TPSA) is 57.1 Å². The molecule has 0 N–H and O–H groups in total. The maximum atomic E-state index is 6.53. The number of hydrogen-bond acceptors (Lipinski definition) is 6. The number of hydrogen-bond donors (Lipinski definition) is 0. The third kappa shape index (κ3) is 6.79. The zero-order chi connectivity index (χ0) is 23.7. The van der Waals surface area contributed by atoms with Crippen LogP contribution < -0.4 is 8.85 Å². The molecule has 0 aliphatic heterocycles. The van der Waals surface area contributed by atoms with E-state index in [0.29, 0.717) is 16.9 Å². The molecule has 0 radical (unpaired) electrons. The van der Waals surface area contributed by atoms with Gasteiger partial charge in [-0.25, -0.2) is 0 Å². The largest absolute Gasteiger partial charge is 0.530 e. The lowest BCUT2D eigenvalue weighted by Gasteiger charge is -2.37. The van der Waals surface area contributed by atoms with E-state index < -0.39 is 16.6 Å². The van der Waals surface area contributed by atoms with Gasteiger partial charge < -0.3 is 8.85 Å². The fraction of sp³-hybridized carbons (Fsp3) is 0.609. The van der Waals surface area contributed by atoms with Crippen molar-refractivity contribution in [2.45, 2.75) is 95.1 Å². The summed E-state index contributed by atoms with van der Waals surface area (Å²) < 4.78 is 13.1. The van der Waals surface area contributed by atoms with E-state index in [0.717, 1.165) is 5.69 Å². The molecule has 1 unspecified atom stereocenters. The lowest BCUT2D eigenvalue weighted by atomic mass is 10.2. The van der Waals surface area contributed by atoms with Crippen LogP contribution in [0.1, 0.15) is 59.4 Å². The van der Waals surface area contributed by atoms with Crippen LogP contribution in [-0.2, 0) is 0 Å². The second-order valence-corrected chi connectivity index (χ2v) is 21.8. The molecule has 2 rings (SSSR count). The summed E-state index contributed by atoms with van der Waals surface area (Å²) in [6, 6.07) is 7.83. The van der Waals surface area contributed by atoms with Crippen LogP contribution in [0, 0.1) is 0 Å². The van der Waals surface area contributed by atoms with E-state index in [9.17, 15) is 0 Å². The minimum absolute atomic E-state index is 0.0763. The molecule has 1 atom stereocenters. The Bertz CT molecular complexity index is 832. The van der Waals surface area contributed by atoms with E-state index >= 15 is 0 Å². The summed E-state index contributed by atoms with van der Waals surface area (Å²) in [6.07, 6.45) is 1.82. The number of rotatable bonds is 7. The van der Waals surface area contributed by atoms with Crippen LogP contribution in [0.25, 0.3) is 0 Å². The first kappa shape index (κ1) is 25.9. The van der Waals surface area contributed by atoms with Crippen molar-refractivity contribution in [3.8, 4) is 11.8 Å². The molecule has 0 aliphatic rings. The summed E-state index contributed by atoms with van der Waals surface area (Å²) in [5, 5.41) is 0.924. The van der Waals surface area contributed by atoms with Crippen LogP contribution in [0.15, 0.2) is 35.6 Å². The van der Waals surface area contributed by atoms with E-state index in [-0.39, 0.29) is 15.3 Å². The van der Waals surface area contributed by atoms with E-state index in [4.69, 9.17) is 18.8 Å². The summed E-state index contributed by atoms with van der Waals surface area (Å²) in [6.45, 7) is 24.4. The lowest BCUT2D eigenvalue weighted by molar-refractivity contribution is 0.443. The van der Waals surface area contributed by atoms with Crippen LogP contribution in [0.5, 0.6) is 11.8 Å². The van der Waals surface area contributed by atoms with Gasteiger partial charge in [0.25, 0.3) is 16.6 Å². The van der Waals surface area contributed by atoms with Crippen LogP contribution in [-0.4, -0.2) is 31.6 Å². The van der Waals surface area contributed by atoms with Gasteiger partial charge in [-0.2, -0.15) is 9.97 Å². The molecule has 2 aromatic rings. The summed E-state index contributed by atoms with van der Waals surface area (Å²) in [4.78, 5) is 14.0. The highest BCUT2D eigenvalue weighted by atomic mass is 32.2. The SMILES string of the molecule is CC(Sc1nc(O[Si](C)(C)C(C)(C)C)cc(O[Si](C)(C)C(C)(C)C)n1)c1ccccn1. The minimum Gasteiger partial charge on any atom is -0.530 e. The number of pyridine rings is 1. The Hall–Kier alpha value is -1.39. The van der Waals surface area contributed by atoms with Crippen LogP contribution in [0.2, 0.25) is 36.3 Å². The molecule has 8 heteroatoms. The van der Waals surface area contributed by atoms with Crippen molar-refractivity contribution in [2.24, 2.45) is 0 Å². The quantitative estimate of drug-likeness (QED) is 0.234. The van der Waals surface area contributed by atoms with Gasteiger partial charge in [0.05, 0.1) is 17.0 Å². The smallest absolute Gasteiger partial charge is 0.252 e. The van der Waals surface area contributed by atoms with Gasteiger partial charge in [-0.05, 0) is 55.3 Å². The molecule has 0 aromatic carbocycles. The Morgan fingerprint density at radius 3 is 1.71 bits per heavy atom. The van der Waals surface area contributed by atoms with Crippen LogP contribution in [0.4, 0.5) is 0 Å². The zero-order valence-corrected chi connectivity index (χ0v) is 23.8. The Morgan fingerprint density at radius 2 is 1.32 bits per heavy atom. The molecule has 2 aromatic heterocycles. The molecule has 172 valence electrons. The second kappa shape index (κ2) is 9.23. The highest BCUT2D eigenvalue weighted by Crippen LogP contribution is 2.41. The molecule has 0 spiro atoms. The Kier molecular flexibility index (Phi) is 7.70. The third-order valence-electron chi connectivity index (χ3n) is 6.38. The molecular weight excluding hydrogens is 439 g/mol. The maximum absolute atomic E-state index is 6.53. The number of aromatic nitrogens is 3. The second-order valence-electron chi connectivity index (χ2n) is 11.1. The van der Waals surface area contributed by atoms with Crippen molar-refractivity contribution in [3.05, 3.63) is 36.2 Å². The van der Waals surface area contributed by atoms with E-state index in [1.807, 2.05) is 30.5 Å². The highest BCUT2D eigenvalue weighted by Gasteiger charge is 2.41. The van der Waals surface area contributed by atoms with E-state index in [1.54, 1.807) is 11.8 Å². The van der Waals surface area contributed by atoms with Gasteiger partial charge in [0.15, 0.2) is 5.16 Å². The van der Waals surface area contributed by atoms with Crippen molar-refractivity contribution in [1.29, 1.82) is 0 Å². The molecule has 0 fully saturated rings. The monoisotopic (exact) mass is 477 g/mol. The molecule has 0 saturated heterocycles. The van der Waals surface area contributed by atoms with Crippen LogP contribution in [0.3, 0.4) is 0 Å². The highest BCUT2D eigenvalue weighted by molar-refractivity contribution is 7.99. The van der Waals surface area contributed by atoms with Crippen molar-refractivity contribution in [3.63, 3.8) is 0 Å². The molecular formula is C23H39N3O2SSi2. The van der Waals surface area contributed by atoms with Gasteiger partial charge in [0, 0.05) is 6.20 Å². The first-order chi connectivity index (χ1) is 14.0. The molecule has 0 amide bonds. The predicted octanol–water partition coefficient (Wildman–Crippen LogP) is 7.49.